The second kappa shape index (κ2) is 10.1. The maximum atomic E-state index is 12.5. The fourth-order valence-corrected chi connectivity index (χ4v) is 4.87. The van der Waals surface area contributed by atoms with E-state index in [2.05, 4.69) is 20.6 Å². The first-order chi connectivity index (χ1) is 14.4. The molecule has 0 aromatic heterocycles. The van der Waals surface area contributed by atoms with Gasteiger partial charge < -0.3 is 14.4 Å². The van der Waals surface area contributed by atoms with Crippen LogP contribution in [0.4, 0.5) is 5.69 Å². The summed E-state index contributed by atoms with van der Waals surface area (Å²) in [7, 11) is -0.237. The average Bonchev–Trinajstić information content (AvgIpc) is 2.77. The van der Waals surface area contributed by atoms with E-state index in [0.717, 1.165) is 56.1 Å². The Hall–Kier alpha value is -2.29. The van der Waals surface area contributed by atoms with Crippen molar-refractivity contribution < 1.29 is 17.9 Å². The van der Waals surface area contributed by atoms with E-state index in [0.29, 0.717) is 12.3 Å². The van der Waals surface area contributed by atoms with Gasteiger partial charge in [0.2, 0.25) is 10.0 Å². The molecule has 1 fully saturated rings. The highest BCUT2D eigenvalue weighted by atomic mass is 32.2. The molecule has 8 heteroatoms. The van der Waals surface area contributed by atoms with E-state index in [-0.39, 0.29) is 4.90 Å². The van der Waals surface area contributed by atoms with Crippen LogP contribution in [-0.4, -0.2) is 66.8 Å². The molecule has 0 unspecified atom stereocenters. The molecule has 0 aliphatic carbocycles. The van der Waals surface area contributed by atoms with Crippen LogP contribution in [0.15, 0.2) is 47.4 Å². The monoisotopic (exact) mass is 433 g/mol. The lowest BCUT2D eigenvalue weighted by Gasteiger charge is -2.36. The van der Waals surface area contributed by atoms with Crippen LogP contribution in [-0.2, 0) is 10.0 Å². The van der Waals surface area contributed by atoms with E-state index >= 15 is 0 Å². The molecule has 1 N–H and O–H groups in total. The number of nitrogens with zero attached hydrogens (tertiary/aromatic N) is 2. The Morgan fingerprint density at radius 3 is 2.33 bits per heavy atom. The number of sulfonamides is 1. The third kappa shape index (κ3) is 5.44. The molecule has 3 rings (SSSR count). The van der Waals surface area contributed by atoms with Gasteiger partial charge in [0.25, 0.3) is 0 Å². The van der Waals surface area contributed by atoms with Crippen LogP contribution in [0.2, 0.25) is 0 Å². The summed E-state index contributed by atoms with van der Waals surface area (Å²) in [6.45, 7) is 6.87. The van der Waals surface area contributed by atoms with Crippen molar-refractivity contribution in [1.29, 1.82) is 0 Å². The van der Waals surface area contributed by atoms with Gasteiger partial charge in [0.15, 0.2) is 0 Å². The van der Waals surface area contributed by atoms with Gasteiger partial charge in [-0.15, -0.1) is 0 Å². The van der Waals surface area contributed by atoms with E-state index in [1.54, 1.807) is 32.4 Å². The number of hydrogen-bond acceptors (Lipinski definition) is 6. The molecule has 30 heavy (non-hydrogen) atoms. The van der Waals surface area contributed by atoms with Crippen molar-refractivity contribution >= 4 is 15.7 Å². The molecule has 1 aliphatic rings. The number of methoxy groups -OCH3 is 2. The number of nitrogens with one attached hydrogen (secondary N) is 1. The van der Waals surface area contributed by atoms with Gasteiger partial charge in [-0.2, -0.15) is 0 Å². The highest BCUT2D eigenvalue weighted by Gasteiger charge is 2.20. The molecule has 0 radical (unpaired) electrons. The lowest BCUT2D eigenvalue weighted by Crippen LogP contribution is -2.47. The number of anilines is 1. The standard InChI is InChI=1S/C22H31N3O4S/c1-18-17-19(9-10-21(18)28-2)30(26,27)23-11-6-12-24-13-15-25(16-14-24)20-7-4-5-8-22(20)29-3/h4-5,7-10,17,23H,6,11-16H2,1-3H3. The Labute approximate surface area is 179 Å². The van der Waals surface area contributed by atoms with Gasteiger partial charge in [0.1, 0.15) is 11.5 Å². The molecule has 1 saturated heterocycles. The molecule has 0 atom stereocenters. The number of benzene rings is 2. The molecule has 1 aliphatic heterocycles. The molecule has 0 spiro atoms. The molecular formula is C22H31N3O4S. The molecule has 2 aromatic carbocycles. The first-order valence-corrected chi connectivity index (χ1v) is 11.7. The number of ether oxygens (including phenoxy) is 2. The molecule has 7 nitrogen and oxygen atoms in total. The largest absolute Gasteiger partial charge is 0.496 e. The maximum Gasteiger partial charge on any atom is 0.240 e. The van der Waals surface area contributed by atoms with Gasteiger partial charge in [0, 0.05) is 32.7 Å². The lowest BCUT2D eigenvalue weighted by molar-refractivity contribution is 0.254. The Morgan fingerprint density at radius 1 is 0.967 bits per heavy atom. The van der Waals surface area contributed by atoms with E-state index in [1.165, 1.54) is 0 Å². The predicted octanol–water partition coefficient (Wildman–Crippen LogP) is 2.50. The van der Waals surface area contributed by atoms with E-state index in [4.69, 9.17) is 9.47 Å². The van der Waals surface area contributed by atoms with Crippen LogP contribution in [0.5, 0.6) is 11.5 Å². The summed E-state index contributed by atoms with van der Waals surface area (Å²) in [6, 6.07) is 13.0. The lowest BCUT2D eigenvalue weighted by atomic mass is 10.2. The molecule has 0 amide bonds. The van der Waals surface area contributed by atoms with Crippen LogP contribution >= 0.6 is 0 Å². The minimum atomic E-state index is -3.51. The topological polar surface area (TPSA) is 71.1 Å². The second-order valence-corrected chi connectivity index (χ2v) is 9.15. The Bertz CT molecular complexity index is 941. The van der Waals surface area contributed by atoms with Crippen molar-refractivity contribution in [3.05, 3.63) is 48.0 Å². The molecule has 164 valence electrons. The van der Waals surface area contributed by atoms with Crippen LogP contribution < -0.4 is 19.1 Å². The highest BCUT2D eigenvalue weighted by Crippen LogP contribution is 2.28. The SMILES string of the molecule is COc1ccc(S(=O)(=O)NCCCN2CCN(c3ccccc3OC)CC2)cc1C. The summed E-state index contributed by atoms with van der Waals surface area (Å²) >= 11 is 0. The van der Waals surface area contributed by atoms with Gasteiger partial charge in [-0.1, -0.05) is 12.1 Å². The van der Waals surface area contributed by atoms with Crippen LogP contribution in [0.1, 0.15) is 12.0 Å². The number of para-hydroxylation sites is 2. The predicted molar refractivity (Wildman–Crippen MR) is 119 cm³/mol. The quantitative estimate of drug-likeness (QED) is 0.613. The van der Waals surface area contributed by atoms with E-state index < -0.39 is 10.0 Å². The Morgan fingerprint density at radius 2 is 1.67 bits per heavy atom. The first kappa shape index (κ1) is 22.4. The van der Waals surface area contributed by atoms with E-state index in [1.807, 2.05) is 25.1 Å². The molecule has 2 aromatic rings. The summed E-state index contributed by atoms with van der Waals surface area (Å²) in [5.41, 5.74) is 1.93. The highest BCUT2D eigenvalue weighted by molar-refractivity contribution is 7.89. The molecule has 0 bridgehead atoms. The zero-order valence-corrected chi connectivity index (χ0v) is 18.7. The van der Waals surface area contributed by atoms with Crippen molar-refractivity contribution in [3.8, 4) is 11.5 Å². The summed E-state index contributed by atoms with van der Waals surface area (Å²) < 4.78 is 38.4. The van der Waals surface area contributed by atoms with Crippen LogP contribution in [0.25, 0.3) is 0 Å². The van der Waals surface area contributed by atoms with Crippen molar-refractivity contribution in [2.24, 2.45) is 0 Å². The minimum absolute atomic E-state index is 0.270. The fourth-order valence-electron chi connectivity index (χ4n) is 3.71. The number of hydrogen-bond donors (Lipinski definition) is 1. The Balaban J connectivity index is 1.44. The van der Waals surface area contributed by atoms with Gasteiger partial charge >= 0.3 is 0 Å². The zero-order chi connectivity index (χ0) is 21.6. The van der Waals surface area contributed by atoms with Gasteiger partial charge in [0.05, 0.1) is 24.8 Å². The zero-order valence-electron chi connectivity index (χ0n) is 17.9. The average molecular weight is 434 g/mol. The Kier molecular flexibility index (Phi) is 7.58. The smallest absolute Gasteiger partial charge is 0.240 e. The van der Waals surface area contributed by atoms with Gasteiger partial charge in [-0.05, 0) is 55.8 Å². The molecule has 1 heterocycles. The fraction of sp³-hybridized carbons (Fsp3) is 0.455. The van der Waals surface area contributed by atoms with Crippen LogP contribution in [0, 0.1) is 6.92 Å². The van der Waals surface area contributed by atoms with Crippen LogP contribution in [0.3, 0.4) is 0 Å². The molecular weight excluding hydrogens is 402 g/mol. The summed E-state index contributed by atoms with van der Waals surface area (Å²) in [6.07, 6.45) is 0.767. The van der Waals surface area contributed by atoms with Crippen molar-refractivity contribution in [2.75, 3.05) is 58.4 Å². The van der Waals surface area contributed by atoms with Gasteiger partial charge in [-0.25, -0.2) is 13.1 Å². The van der Waals surface area contributed by atoms with Crippen molar-refractivity contribution in [2.45, 2.75) is 18.2 Å². The summed E-state index contributed by atoms with van der Waals surface area (Å²) in [4.78, 5) is 4.98. The van der Waals surface area contributed by atoms with Crippen molar-refractivity contribution in [3.63, 3.8) is 0 Å². The second-order valence-electron chi connectivity index (χ2n) is 7.38. The normalized spacial score (nSPS) is 15.2. The third-order valence-electron chi connectivity index (χ3n) is 5.42. The number of aryl methyl sites for hydroxylation is 1. The number of rotatable bonds is 9. The summed E-state index contributed by atoms with van der Waals surface area (Å²) in [5.74, 6) is 1.58. The van der Waals surface area contributed by atoms with E-state index in [9.17, 15) is 8.42 Å². The minimum Gasteiger partial charge on any atom is -0.496 e. The van der Waals surface area contributed by atoms with Gasteiger partial charge in [-0.3, -0.25) is 4.90 Å². The molecule has 0 saturated carbocycles. The maximum absolute atomic E-state index is 12.5. The summed E-state index contributed by atoms with van der Waals surface area (Å²) in [5, 5.41) is 0. The first-order valence-electron chi connectivity index (χ1n) is 10.2. The number of piperazine rings is 1. The third-order valence-corrected chi connectivity index (χ3v) is 6.88. The van der Waals surface area contributed by atoms with Crippen molar-refractivity contribution in [1.82, 2.24) is 9.62 Å².